The minimum absolute atomic E-state index is 0.447. The van der Waals surface area contributed by atoms with Crippen LogP contribution in [0.4, 0.5) is 0 Å². The zero-order valence-electron chi connectivity index (χ0n) is 15.5. The summed E-state index contributed by atoms with van der Waals surface area (Å²) in [6.45, 7) is 5.14. The second-order valence-electron chi connectivity index (χ2n) is 7.27. The van der Waals surface area contributed by atoms with Crippen molar-refractivity contribution < 1.29 is 9.47 Å². The molecule has 2 unspecified atom stereocenters. The van der Waals surface area contributed by atoms with Crippen LogP contribution in [0.15, 0.2) is 48.5 Å². The maximum atomic E-state index is 6.09. The molecule has 2 aromatic rings. The molecule has 0 radical (unpaired) electrons. The van der Waals surface area contributed by atoms with E-state index in [1.807, 2.05) is 12.1 Å². The van der Waals surface area contributed by atoms with Crippen molar-refractivity contribution in [2.75, 3.05) is 39.9 Å². The van der Waals surface area contributed by atoms with Crippen LogP contribution in [0.2, 0.25) is 0 Å². The van der Waals surface area contributed by atoms with Crippen molar-refractivity contribution in [1.29, 1.82) is 0 Å². The van der Waals surface area contributed by atoms with Gasteiger partial charge in [-0.15, -0.1) is 0 Å². The number of hydrogen-bond acceptors (Lipinski definition) is 4. The molecule has 4 nitrogen and oxygen atoms in total. The topological polar surface area (TPSA) is 33.7 Å². The number of nitrogens with zero attached hydrogens (tertiary/aromatic N) is 1. The fraction of sp³-hybridized carbons (Fsp3) is 0.455. The molecule has 0 amide bonds. The molecule has 2 atom stereocenters. The first-order valence-corrected chi connectivity index (χ1v) is 9.63. The van der Waals surface area contributed by atoms with Gasteiger partial charge in [-0.3, -0.25) is 4.90 Å². The molecule has 0 saturated carbocycles. The lowest BCUT2D eigenvalue weighted by molar-refractivity contribution is 0.124. The van der Waals surface area contributed by atoms with E-state index in [4.69, 9.17) is 9.47 Å². The second kappa shape index (κ2) is 8.11. The first kappa shape index (κ1) is 17.4. The Morgan fingerprint density at radius 3 is 2.69 bits per heavy atom. The van der Waals surface area contributed by atoms with Gasteiger partial charge in [-0.05, 0) is 36.5 Å². The molecule has 2 heterocycles. The van der Waals surface area contributed by atoms with Gasteiger partial charge in [0.2, 0.25) is 0 Å². The average molecular weight is 352 g/mol. The fourth-order valence-corrected chi connectivity index (χ4v) is 4.26. The van der Waals surface area contributed by atoms with E-state index in [2.05, 4.69) is 46.6 Å². The van der Waals surface area contributed by atoms with Crippen LogP contribution in [0.1, 0.15) is 23.6 Å². The van der Waals surface area contributed by atoms with Crippen molar-refractivity contribution in [2.24, 2.45) is 5.92 Å². The number of hydrogen-bond donors (Lipinski definition) is 1. The van der Waals surface area contributed by atoms with Gasteiger partial charge in [0.05, 0.1) is 13.7 Å². The molecule has 0 aromatic heterocycles. The summed E-state index contributed by atoms with van der Waals surface area (Å²) in [4.78, 5) is 2.63. The number of nitrogens with one attached hydrogen (secondary N) is 1. The Balaban J connectivity index is 1.54. The Bertz CT molecular complexity index is 699. The zero-order chi connectivity index (χ0) is 17.8. The maximum absolute atomic E-state index is 6.09. The molecule has 1 fully saturated rings. The normalized spacial score (nSPS) is 21.5. The van der Waals surface area contributed by atoms with Crippen LogP contribution in [0.25, 0.3) is 0 Å². The Morgan fingerprint density at radius 1 is 1.12 bits per heavy atom. The summed E-state index contributed by atoms with van der Waals surface area (Å²) < 4.78 is 11.7. The SMILES string of the molecule is COc1cccc2c1CC(CC(c1ccccc1)N1CCNCC1)CO2. The Morgan fingerprint density at radius 2 is 1.92 bits per heavy atom. The summed E-state index contributed by atoms with van der Waals surface area (Å²) in [5.74, 6) is 2.43. The summed E-state index contributed by atoms with van der Waals surface area (Å²) in [7, 11) is 1.74. The van der Waals surface area contributed by atoms with Gasteiger partial charge in [0.25, 0.3) is 0 Å². The highest BCUT2D eigenvalue weighted by Gasteiger charge is 2.29. The monoisotopic (exact) mass is 352 g/mol. The smallest absolute Gasteiger partial charge is 0.126 e. The third kappa shape index (κ3) is 3.71. The number of ether oxygens (including phenoxy) is 2. The summed E-state index contributed by atoms with van der Waals surface area (Å²) >= 11 is 0. The van der Waals surface area contributed by atoms with Crippen LogP contribution in [0, 0.1) is 5.92 Å². The predicted molar refractivity (Wildman–Crippen MR) is 104 cm³/mol. The fourth-order valence-electron chi connectivity index (χ4n) is 4.26. The average Bonchev–Trinajstić information content (AvgIpc) is 2.72. The van der Waals surface area contributed by atoms with Gasteiger partial charge in [-0.25, -0.2) is 0 Å². The lowest BCUT2D eigenvalue weighted by Crippen LogP contribution is -2.46. The van der Waals surface area contributed by atoms with Crippen molar-refractivity contribution in [3.63, 3.8) is 0 Å². The summed E-state index contributed by atoms with van der Waals surface area (Å²) in [6.07, 6.45) is 2.14. The van der Waals surface area contributed by atoms with E-state index in [-0.39, 0.29) is 0 Å². The Kier molecular flexibility index (Phi) is 5.42. The molecule has 2 aromatic carbocycles. The summed E-state index contributed by atoms with van der Waals surface area (Å²) in [5.41, 5.74) is 2.64. The lowest BCUT2D eigenvalue weighted by atomic mass is 9.87. The van der Waals surface area contributed by atoms with Gasteiger partial charge in [0.1, 0.15) is 11.5 Å². The van der Waals surface area contributed by atoms with Crippen molar-refractivity contribution >= 4 is 0 Å². The number of fused-ring (bicyclic) bond motifs is 1. The van der Waals surface area contributed by atoms with E-state index in [1.54, 1.807) is 7.11 Å². The molecular formula is C22H28N2O2. The minimum Gasteiger partial charge on any atom is -0.496 e. The van der Waals surface area contributed by atoms with Crippen molar-refractivity contribution in [3.8, 4) is 11.5 Å². The van der Waals surface area contributed by atoms with Gasteiger partial charge < -0.3 is 14.8 Å². The van der Waals surface area contributed by atoms with E-state index < -0.39 is 0 Å². The first-order valence-electron chi connectivity index (χ1n) is 9.63. The Labute approximate surface area is 156 Å². The number of piperazine rings is 1. The molecule has 2 aliphatic rings. The van der Waals surface area contributed by atoms with Gasteiger partial charge in [0.15, 0.2) is 0 Å². The molecule has 4 heteroatoms. The summed E-state index contributed by atoms with van der Waals surface area (Å²) in [6, 6.07) is 17.5. The highest BCUT2D eigenvalue weighted by molar-refractivity contribution is 5.46. The highest BCUT2D eigenvalue weighted by Crippen LogP contribution is 2.38. The molecule has 2 aliphatic heterocycles. The van der Waals surface area contributed by atoms with E-state index >= 15 is 0 Å². The molecule has 0 spiro atoms. The predicted octanol–water partition coefficient (Wildman–Crippen LogP) is 3.28. The molecule has 0 bridgehead atoms. The number of methoxy groups -OCH3 is 1. The minimum atomic E-state index is 0.447. The number of rotatable bonds is 5. The standard InChI is InChI=1S/C22H28N2O2/c1-25-21-8-5-9-22-19(21)14-17(16-26-22)15-20(18-6-3-2-4-7-18)24-12-10-23-11-13-24/h2-9,17,20,23H,10-16H2,1H3. The maximum Gasteiger partial charge on any atom is 0.126 e. The van der Waals surface area contributed by atoms with Crippen LogP contribution >= 0.6 is 0 Å². The van der Waals surface area contributed by atoms with Crippen molar-refractivity contribution in [2.45, 2.75) is 18.9 Å². The van der Waals surface area contributed by atoms with Crippen LogP contribution in [-0.2, 0) is 6.42 Å². The van der Waals surface area contributed by atoms with Gasteiger partial charge in [0, 0.05) is 37.8 Å². The second-order valence-corrected chi connectivity index (χ2v) is 7.27. The third-order valence-corrected chi connectivity index (χ3v) is 5.61. The lowest BCUT2D eigenvalue weighted by Gasteiger charge is -2.38. The van der Waals surface area contributed by atoms with Gasteiger partial charge in [-0.2, -0.15) is 0 Å². The van der Waals surface area contributed by atoms with Gasteiger partial charge in [-0.1, -0.05) is 36.4 Å². The van der Waals surface area contributed by atoms with E-state index in [1.165, 1.54) is 11.1 Å². The zero-order valence-corrected chi connectivity index (χ0v) is 15.5. The summed E-state index contributed by atoms with van der Waals surface area (Å²) in [5, 5.41) is 3.47. The Hall–Kier alpha value is -2.04. The highest BCUT2D eigenvalue weighted by atomic mass is 16.5. The number of benzene rings is 2. The third-order valence-electron chi connectivity index (χ3n) is 5.61. The molecule has 4 rings (SSSR count). The molecule has 26 heavy (non-hydrogen) atoms. The molecule has 138 valence electrons. The molecule has 1 N–H and O–H groups in total. The van der Waals surface area contributed by atoms with Crippen molar-refractivity contribution in [3.05, 3.63) is 59.7 Å². The first-order chi connectivity index (χ1) is 12.8. The quantitative estimate of drug-likeness (QED) is 0.895. The van der Waals surface area contributed by atoms with E-state index in [9.17, 15) is 0 Å². The van der Waals surface area contributed by atoms with Crippen LogP contribution < -0.4 is 14.8 Å². The molecule has 1 saturated heterocycles. The molecular weight excluding hydrogens is 324 g/mol. The van der Waals surface area contributed by atoms with Gasteiger partial charge >= 0.3 is 0 Å². The van der Waals surface area contributed by atoms with E-state index in [0.717, 1.165) is 57.1 Å². The van der Waals surface area contributed by atoms with E-state index in [0.29, 0.717) is 12.0 Å². The van der Waals surface area contributed by atoms with Crippen LogP contribution in [0.3, 0.4) is 0 Å². The largest absolute Gasteiger partial charge is 0.496 e. The van der Waals surface area contributed by atoms with Crippen molar-refractivity contribution in [1.82, 2.24) is 10.2 Å². The van der Waals surface area contributed by atoms with Crippen LogP contribution in [-0.4, -0.2) is 44.8 Å². The molecule has 0 aliphatic carbocycles. The van der Waals surface area contributed by atoms with Crippen LogP contribution in [0.5, 0.6) is 11.5 Å².